The van der Waals surface area contributed by atoms with Crippen LogP contribution in [0.15, 0.2) is 47.4 Å². The van der Waals surface area contributed by atoms with Crippen LogP contribution in [0.4, 0.5) is 5.69 Å². The highest BCUT2D eigenvalue weighted by Gasteiger charge is 2.27. The van der Waals surface area contributed by atoms with Gasteiger partial charge in [0.25, 0.3) is 0 Å². The Morgan fingerprint density at radius 1 is 1.04 bits per heavy atom. The number of hydrogen-bond acceptors (Lipinski definition) is 5. The van der Waals surface area contributed by atoms with Gasteiger partial charge >= 0.3 is 5.69 Å². The molecule has 1 heterocycles. The minimum atomic E-state index is -3.55. The van der Waals surface area contributed by atoms with Crippen LogP contribution < -0.4 is 0 Å². The normalized spacial score (nSPS) is 15.5. The van der Waals surface area contributed by atoms with Crippen LogP contribution in [0.1, 0.15) is 12.8 Å². The molecule has 0 unspecified atom stereocenters. The highest BCUT2D eigenvalue weighted by molar-refractivity contribution is 7.89. The summed E-state index contributed by atoms with van der Waals surface area (Å²) in [5.74, 6) is -0.426. The molecule has 0 aliphatic carbocycles. The molecular formula is C16H16N2O5S. The summed E-state index contributed by atoms with van der Waals surface area (Å²) in [5.41, 5.74) is 0.594. The van der Waals surface area contributed by atoms with Crippen LogP contribution in [0.5, 0.6) is 5.75 Å². The van der Waals surface area contributed by atoms with Crippen molar-refractivity contribution in [2.75, 3.05) is 13.1 Å². The minimum Gasteiger partial charge on any atom is -0.502 e. The van der Waals surface area contributed by atoms with Gasteiger partial charge in [0.2, 0.25) is 10.0 Å². The zero-order valence-corrected chi connectivity index (χ0v) is 13.6. The lowest BCUT2D eigenvalue weighted by Crippen LogP contribution is -2.27. The van der Waals surface area contributed by atoms with E-state index in [-0.39, 0.29) is 4.90 Å². The lowest BCUT2D eigenvalue weighted by atomic mass is 10.0. The Balaban J connectivity index is 2.02. The first-order valence-corrected chi connectivity index (χ1v) is 8.91. The molecule has 3 rings (SSSR count). The molecule has 0 radical (unpaired) electrons. The first-order chi connectivity index (χ1) is 11.4. The first-order valence-electron chi connectivity index (χ1n) is 7.47. The second kappa shape index (κ2) is 6.21. The highest BCUT2D eigenvalue weighted by Crippen LogP contribution is 2.32. The van der Waals surface area contributed by atoms with Gasteiger partial charge in [-0.05, 0) is 42.2 Å². The summed E-state index contributed by atoms with van der Waals surface area (Å²) in [6.07, 6.45) is 1.70. The summed E-state index contributed by atoms with van der Waals surface area (Å²) in [7, 11) is -3.55. The molecule has 0 aromatic heterocycles. The zero-order valence-electron chi connectivity index (χ0n) is 12.8. The van der Waals surface area contributed by atoms with Crippen molar-refractivity contribution < 1.29 is 18.4 Å². The van der Waals surface area contributed by atoms with Crippen molar-refractivity contribution in [3.8, 4) is 16.9 Å². The van der Waals surface area contributed by atoms with Crippen molar-refractivity contribution >= 4 is 15.7 Å². The maximum absolute atomic E-state index is 12.6. The minimum absolute atomic E-state index is 0.164. The van der Waals surface area contributed by atoms with Crippen molar-refractivity contribution in [2.24, 2.45) is 0 Å². The SMILES string of the molecule is O=[N+]([O-])c1cc(-c2cccc(S(=O)(=O)N3CCCC3)c2)ccc1O. The average molecular weight is 348 g/mol. The molecule has 1 N–H and O–H groups in total. The summed E-state index contributed by atoms with van der Waals surface area (Å²) in [6, 6.07) is 10.3. The summed E-state index contributed by atoms with van der Waals surface area (Å²) in [6.45, 7) is 1.02. The second-order valence-corrected chi connectivity index (χ2v) is 7.54. The largest absolute Gasteiger partial charge is 0.502 e. The van der Waals surface area contributed by atoms with E-state index < -0.39 is 26.4 Å². The third kappa shape index (κ3) is 2.98. The van der Waals surface area contributed by atoms with Crippen LogP contribution in [0.25, 0.3) is 11.1 Å². The molecule has 0 saturated carbocycles. The van der Waals surface area contributed by atoms with Gasteiger partial charge in [0.05, 0.1) is 9.82 Å². The molecule has 7 nitrogen and oxygen atoms in total. The molecule has 24 heavy (non-hydrogen) atoms. The molecule has 2 aromatic rings. The molecule has 1 aliphatic rings. The number of nitrogens with zero attached hydrogens (tertiary/aromatic N) is 2. The Bertz CT molecular complexity index is 889. The fourth-order valence-corrected chi connectivity index (χ4v) is 4.33. The summed E-state index contributed by atoms with van der Waals surface area (Å²) in [4.78, 5) is 10.4. The molecule has 0 bridgehead atoms. The molecule has 0 atom stereocenters. The van der Waals surface area contributed by atoms with Gasteiger partial charge in [-0.2, -0.15) is 4.31 Å². The van der Waals surface area contributed by atoms with Gasteiger partial charge in [-0.25, -0.2) is 8.42 Å². The number of nitro groups is 1. The van der Waals surface area contributed by atoms with E-state index in [1.165, 1.54) is 34.6 Å². The van der Waals surface area contributed by atoms with E-state index in [1.807, 2.05) is 0 Å². The predicted octanol–water partition coefficient (Wildman–Crippen LogP) is 2.75. The average Bonchev–Trinajstić information content (AvgIpc) is 3.10. The van der Waals surface area contributed by atoms with Crippen LogP contribution in [0.3, 0.4) is 0 Å². The highest BCUT2D eigenvalue weighted by atomic mass is 32.2. The summed E-state index contributed by atoms with van der Waals surface area (Å²) < 4.78 is 26.7. The number of aromatic hydroxyl groups is 1. The Morgan fingerprint density at radius 3 is 2.38 bits per heavy atom. The number of benzene rings is 2. The molecule has 1 aliphatic heterocycles. The monoisotopic (exact) mass is 348 g/mol. The molecule has 0 spiro atoms. The van der Waals surface area contributed by atoms with E-state index in [9.17, 15) is 23.6 Å². The summed E-state index contributed by atoms with van der Waals surface area (Å²) in [5, 5.41) is 20.5. The van der Waals surface area contributed by atoms with E-state index in [0.717, 1.165) is 12.8 Å². The van der Waals surface area contributed by atoms with Gasteiger partial charge in [-0.3, -0.25) is 10.1 Å². The Hall–Kier alpha value is -2.45. The number of rotatable bonds is 4. The van der Waals surface area contributed by atoms with Crippen molar-refractivity contribution in [2.45, 2.75) is 17.7 Å². The van der Waals surface area contributed by atoms with Crippen LogP contribution >= 0.6 is 0 Å². The second-order valence-electron chi connectivity index (χ2n) is 5.60. The number of nitro benzene ring substituents is 1. The smallest absolute Gasteiger partial charge is 0.311 e. The molecule has 1 fully saturated rings. The molecule has 2 aromatic carbocycles. The zero-order chi connectivity index (χ0) is 17.3. The van der Waals surface area contributed by atoms with Crippen molar-refractivity contribution in [1.29, 1.82) is 0 Å². The Morgan fingerprint density at radius 2 is 1.71 bits per heavy atom. The third-order valence-electron chi connectivity index (χ3n) is 4.04. The van der Waals surface area contributed by atoms with Gasteiger partial charge in [-0.1, -0.05) is 18.2 Å². The molecule has 126 valence electrons. The molecule has 1 saturated heterocycles. The van der Waals surface area contributed by atoms with E-state index in [4.69, 9.17) is 0 Å². The number of hydrogen-bond donors (Lipinski definition) is 1. The Labute approximate surface area is 139 Å². The van der Waals surface area contributed by atoms with E-state index >= 15 is 0 Å². The summed E-state index contributed by atoms with van der Waals surface area (Å²) >= 11 is 0. The third-order valence-corrected chi connectivity index (χ3v) is 5.94. The van der Waals surface area contributed by atoms with Crippen LogP contribution in [-0.4, -0.2) is 35.8 Å². The topological polar surface area (TPSA) is 101 Å². The lowest BCUT2D eigenvalue weighted by molar-refractivity contribution is -0.385. The maximum Gasteiger partial charge on any atom is 0.311 e. The van der Waals surface area contributed by atoms with Crippen molar-refractivity contribution in [3.05, 3.63) is 52.6 Å². The van der Waals surface area contributed by atoms with Crippen LogP contribution in [0, 0.1) is 10.1 Å². The van der Waals surface area contributed by atoms with Gasteiger partial charge in [0.15, 0.2) is 5.75 Å². The number of phenolic OH excluding ortho intramolecular Hbond substituents is 1. The fourth-order valence-electron chi connectivity index (χ4n) is 2.76. The first kappa shape index (κ1) is 16.4. The molecule has 0 amide bonds. The van der Waals surface area contributed by atoms with E-state index in [1.54, 1.807) is 12.1 Å². The molecule has 8 heteroatoms. The van der Waals surface area contributed by atoms with Gasteiger partial charge in [0.1, 0.15) is 0 Å². The fraction of sp³-hybridized carbons (Fsp3) is 0.250. The van der Waals surface area contributed by atoms with E-state index in [2.05, 4.69) is 0 Å². The van der Waals surface area contributed by atoms with E-state index in [0.29, 0.717) is 24.2 Å². The Kier molecular flexibility index (Phi) is 4.25. The lowest BCUT2D eigenvalue weighted by Gasteiger charge is -2.16. The van der Waals surface area contributed by atoms with Gasteiger partial charge < -0.3 is 5.11 Å². The van der Waals surface area contributed by atoms with Crippen molar-refractivity contribution in [3.63, 3.8) is 0 Å². The number of sulfonamides is 1. The predicted molar refractivity (Wildman–Crippen MR) is 88.2 cm³/mol. The standard InChI is InChI=1S/C16H16N2O5S/c19-16-7-6-13(11-15(16)18(20)21)12-4-3-5-14(10-12)24(22,23)17-8-1-2-9-17/h3-7,10-11,19H,1-2,8-9H2. The van der Waals surface area contributed by atoms with Gasteiger partial charge in [0, 0.05) is 19.2 Å². The van der Waals surface area contributed by atoms with Gasteiger partial charge in [-0.15, -0.1) is 0 Å². The molecular weight excluding hydrogens is 332 g/mol. The number of phenols is 1. The van der Waals surface area contributed by atoms with Crippen LogP contribution in [-0.2, 0) is 10.0 Å². The quantitative estimate of drug-likeness (QED) is 0.676. The maximum atomic E-state index is 12.6. The van der Waals surface area contributed by atoms with Crippen molar-refractivity contribution in [1.82, 2.24) is 4.31 Å². The van der Waals surface area contributed by atoms with Crippen LogP contribution in [0.2, 0.25) is 0 Å².